The highest BCUT2D eigenvalue weighted by atomic mass is 32.2. The summed E-state index contributed by atoms with van der Waals surface area (Å²) in [5.41, 5.74) is 0.356. The van der Waals surface area contributed by atoms with Crippen LogP contribution in [0.2, 0.25) is 0 Å². The molecule has 9 heteroatoms. The summed E-state index contributed by atoms with van der Waals surface area (Å²) in [6.07, 6.45) is 1.61. The molecule has 142 valence electrons. The zero-order valence-electron chi connectivity index (χ0n) is 14.6. The quantitative estimate of drug-likeness (QED) is 0.336. The summed E-state index contributed by atoms with van der Waals surface area (Å²) >= 11 is 0. The van der Waals surface area contributed by atoms with Gasteiger partial charge in [0.05, 0.1) is 15.4 Å². The van der Waals surface area contributed by atoms with Crippen LogP contribution >= 0.6 is 0 Å². The number of aryl methyl sites for hydroxylation is 1. The van der Waals surface area contributed by atoms with Gasteiger partial charge < -0.3 is 4.74 Å². The van der Waals surface area contributed by atoms with Crippen molar-refractivity contribution >= 4 is 21.7 Å². The maximum Gasteiger partial charge on any atom is 0.343 e. The van der Waals surface area contributed by atoms with Gasteiger partial charge in [0, 0.05) is 19.2 Å². The van der Waals surface area contributed by atoms with E-state index in [1.807, 2.05) is 0 Å². The minimum Gasteiger partial charge on any atom is -0.416 e. The van der Waals surface area contributed by atoms with Crippen LogP contribution in [-0.2, 0) is 10.0 Å². The number of benzene rings is 2. The van der Waals surface area contributed by atoms with E-state index in [-0.39, 0.29) is 21.9 Å². The van der Waals surface area contributed by atoms with E-state index in [9.17, 15) is 23.3 Å². The van der Waals surface area contributed by atoms with Gasteiger partial charge in [0.2, 0.25) is 15.8 Å². The van der Waals surface area contributed by atoms with Crippen LogP contribution in [0, 0.1) is 17.0 Å². The first-order chi connectivity index (χ1) is 12.8. The molecule has 3 rings (SSSR count). The van der Waals surface area contributed by atoms with Crippen molar-refractivity contribution in [2.45, 2.75) is 24.7 Å². The zero-order valence-corrected chi connectivity index (χ0v) is 15.4. The van der Waals surface area contributed by atoms with Crippen LogP contribution in [-0.4, -0.2) is 36.7 Å². The van der Waals surface area contributed by atoms with Crippen molar-refractivity contribution in [2.24, 2.45) is 0 Å². The Balaban J connectivity index is 1.89. The van der Waals surface area contributed by atoms with Crippen molar-refractivity contribution in [1.29, 1.82) is 0 Å². The number of nitrogens with zero attached hydrogens (tertiary/aromatic N) is 2. The minimum atomic E-state index is -3.68. The molecule has 0 bridgehead atoms. The average Bonchev–Trinajstić information content (AvgIpc) is 3.17. The van der Waals surface area contributed by atoms with E-state index >= 15 is 0 Å². The Morgan fingerprint density at radius 1 is 1.15 bits per heavy atom. The summed E-state index contributed by atoms with van der Waals surface area (Å²) in [6, 6.07) is 9.69. The van der Waals surface area contributed by atoms with E-state index in [4.69, 9.17) is 4.74 Å². The Bertz CT molecular complexity index is 997. The maximum atomic E-state index is 12.6. The second-order valence-corrected chi connectivity index (χ2v) is 8.19. The maximum absolute atomic E-state index is 12.6. The SMILES string of the molecule is Cc1ccc([N+](=O)[O-])c(OC(=O)c2cccc(S(=O)(=O)N3CCCC3)c2)c1. The van der Waals surface area contributed by atoms with Gasteiger partial charge in [-0.3, -0.25) is 10.1 Å². The van der Waals surface area contributed by atoms with E-state index in [0.29, 0.717) is 18.7 Å². The Hall–Kier alpha value is -2.78. The van der Waals surface area contributed by atoms with E-state index in [1.54, 1.807) is 13.0 Å². The number of sulfonamides is 1. The molecular formula is C18H18N2O6S. The third kappa shape index (κ3) is 3.99. The van der Waals surface area contributed by atoms with E-state index in [2.05, 4.69) is 0 Å². The highest BCUT2D eigenvalue weighted by molar-refractivity contribution is 7.89. The molecule has 1 aliphatic rings. The molecule has 0 saturated carbocycles. The van der Waals surface area contributed by atoms with Gasteiger partial charge in [-0.2, -0.15) is 4.31 Å². The van der Waals surface area contributed by atoms with Crippen LogP contribution in [0.4, 0.5) is 5.69 Å². The molecule has 1 aliphatic heterocycles. The van der Waals surface area contributed by atoms with Crippen LogP contribution in [0.3, 0.4) is 0 Å². The number of rotatable bonds is 5. The van der Waals surface area contributed by atoms with Gasteiger partial charge in [-0.1, -0.05) is 12.1 Å². The molecule has 1 saturated heterocycles. The lowest BCUT2D eigenvalue weighted by molar-refractivity contribution is -0.385. The molecule has 0 N–H and O–H groups in total. The molecular weight excluding hydrogens is 372 g/mol. The molecule has 2 aromatic carbocycles. The Morgan fingerprint density at radius 3 is 2.52 bits per heavy atom. The van der Waals surface area contributed by atoms with Crippen molar-refractivity contribution in [3.8, 4) is 5.75 Å². The molecule has 0 radical (unpaired) electrons. The first kappa shape index (κ1) is 19.0. The predicted octanol–water partition coefficient (Wildman–Crippen LogP) is 2.91. The molecule has 1 fully saturated rings. The second kappa shape index (κ2) is 7.45. The smallest absolute Gasteiger partial charge is 0.343 e. The number of hydrogen-bond acceptors (Lipinski definition) is 6. The lowest BCUT2D eigenvalue weighted by Crippen LogP contribution is -2.28. The topological polar surface area (TPSA) is 107 Å². The van der Waals surface area contributed by atoms with Crippen molar-refractivity contribution in [3.05, 3.63) is 63.7 Å². The van der Waals surface area contributed by atoms with Gasteiger partial charge in [0.1, 0.15) is 0 Å². The number of nitro benzene ring substituents is 1. The first-order valence-corrected chi connectivity index (χ1v) is 9.80. The number of carbonyl (C=O) groups is 1. The fourth-order valence-corrected chi connectivity index (χ4v) is 4.44. The van der Waals surface area contributed by atoms with Gasteiger partial charge in [-0.15, -0.1) is 0 Å². The van der Waals surface area contributed by atoms with Gasteiger partial charge >= 0.3 is 11.7 Å². The summed E-state index contributed by atoms with van der Waals surface area (Å²) in [4.78, 5) is 22.9. The van der Waals surface area contributed by atoms with Crippen LogP contribution < -0.4 is 4.74 Å². The molecule has 0 atom stereocenters. The lowest BCUT2D eigenvalue weighted by Gasteiger charge is -2.15. The Morgan fingerprint density at radius 2 is 1.85 bits per heavy atom. The third-order valence-electron chi connectivity index (χ3n) is 4.29. The zero-order chi connectivity index (χ0) is 19.6. The standard InChI is InChI=1S/C18H18N2O6S/c1-13-7-8-16(20(22)23)17(11-13)26-18(21)14-5-4-6-15(12-14)27(24,25)19-9-2-3-10-19/h4-8,11-12H,2-3,9-10H2,1H3. The van der Waals surface area contributed by atoms with E-state index in [1.165, 1.54) is 40.7 Å². The fourth-order valence-electron chi connectivity index (χ4n) is 2.87. The monoisotopic (exact) mass is 390 g/mol. The molecule has 2 aromatic rings. The molecule has 1 heterocycles. The Labute approximate surface area is 156 Å². The summed E-state index contributed by atoms with van der Waals surface area (Å²) in [6.45, 7) is 2.61. The minimum absolute atomic E-state index is 0.00223. The predicted molar refractivity (Wildman–Crippen MR) is 97.2 cm³/mol. The lowest BCUT2D eigenvalue weighted by atomic mass is 10.2. The molecule has 0 amide bonds. The number of ether oxygens (including phenoxy) is 1. The molecule has 8 nitrogen and oxygen atoms in total. The van der Waals surface area contributed by atoms with Gasteiger partial charge in [0.25, 0.3) is 0 Å². The van der Waals surface area contributed by atoms with Crippen LogP contribution in [0.15, 0.2) is 47.4 Å². The van der Waals surface area contributed by atoms with Crippen molar-refractivity contribution in [2.75, 3.05) is 13.1 Å². The average molecular weight is 390 g/mol. The fraction of sp³-hybridized carbons (Fsp3) is 0.278. The van der Waals surface area contributed by atoms with Gasteiger partial charge in [0.15, 0.2) is 0 Å². The number of hydrogen-bond donors (Lipinski definition) is 0. The number of esters is 1. The van der Waals surface area contributed by atoms with E-state index in [0.717, 1.165) is 12.8 Å². The highest BCUT2D eigenvalue weighted by Crippen LogP contribution is 2.29. The molecule has 0 aliphatic carbocycles. The van der Waals surface area contributed by atoms with Crippen molar-refractivity contribution in [3.63, 3.8) is 0 Å². The largest absolute Gasteiger partial charge is 0.416 e. The number of nitro groups is 1. The number of carbonyl (C=O) groups excluding carboxylic acids is 1. The van der Waals surface area contributed by atoms with E-state index < -0.39 is 20.9 Å². The summed E-state index contributed by atoms with van der Waals surface area (Å²) in [5, 5.41) is 11.1. The summed E-state index contributed by atoms with van der Waals surface area (Å²) < 4.78 is 31.8. The summed E-state index contributed by atoms with van der Waals surface area (Å²) in [7, 11) is -3.68. The van der Waals surface area contributed by atoms with Gasteiger partial charge in [-0.05, 0) is 49.6 Å². The van der Waals surface area contributed by atoms with Crippen molar-refractivity contribution < 1.29 is 22.9 Å². The second-order valence-electron chi connectivity index (χ2n) is 6.26. The third-order valence-corrected chi connectivity index (χ3v) is 6.18. The molecule has 0 unspecified atom stereocenters. The Kier molecular flexibility index (Phi) is 5.24. The van der Waals surface area contributed by atoms with Gasteiger partial charge in [-0.25, -0.2) is 13.2 Å². The van der Waals surface area contributed by atoms with Crippen molar-refractivity contribution in [1.82, 2.24) is 4.31 Å². The first-order valence-electron chi connectivity index (χ1n) is 8.36. The van der Waals surface area contributed by atoms with Crippen LogP contribution in [0.1, 0.15) is 28.8 Å². The normalized spacial score (nSPS) is 14.9. The van der Waals surface area contributed by atoms with Crippen LogP contribution in [0.25, 0.3) is 0 Å². The molecule has 0 aromatic heterocycles. The highest BCUT2D eigenvalue weighted by Gasteiger charge is 2.28. The summed E-state index contributed by atoms with van der Waals surface area (Å²) in [5.74, 6) is -1.04. The van der Waals surface area contributed by atoms with Crippen LogP contribution in [0.5, 0.6) is 5.75 Å². The molecule has 27 heavy (non-hydrogen) atoms. The molecule has 0 spiro atoms.